The van der Waals surface area contributed by atoms with Gasteiger partial charge in [0, 0.05) is 30.4 Å². The molecule has 0 amide bonds. The van der Waals surface area contributed by atoms with E-state index in [1.807, 2.05) is 12.1 Å². The molecule has 0 aliphatic rings. The largest absolute Gasteiger partial charge is 0.507 e. The van der Waals surface area contributed by atoms with E-state index >= 15 is 0 Å². The van der Waals surface area contributed by atoms with Crippen molar-refractivity contribution in [2.24, 2.45) is 0 Å². The van der Waals surface area contributed by atoms with Gasteiger partial charge >= 0.3 is 5.97 Å². The number of hydrogen-bond donors (Lipinski definition) is 2. The van der Waals surface area contributed by atoms with Crippen LogP contribution in [0.15, 0.2) is 36.4 Å². The second-order valence-electron chi connectivity index (χ2n) is 7.85. The zero-order valence-electron chi connectivity index (χ0n) is 17.7. The normalized spacial score (nSPS) is 11.2. The van der Waals surface area contributed by atoms with E-state index < -0.39 is 11.7 Å². The third-order valence-corrected chi connectivity index (χ3v) is 4.80. The molecule has 0 unspecified atom stereocenters. The van der Waals surface area contributed by atoms with Gasteiger partial charge in [0.05, 0.1) is 0 Å². The number of anilines is 1. The minimum Gasteiger partial charge on any atom is -0.507 e. The monoisotopic (exact) mass is 399 g/mol. The van der Waals surface area contributed by atoms with Crippen LogP contribution in [0.5, 0.6) is 11.5 Å². The van der Waals surface area contributed by atoms with Crippen LogP contribution in [0.25, 0.3) is 0 Å². The number of phenols is 1. The molecular formula is C23H29NO5. The highest BCUT2D eigenvalue weighted by atomic mass is 16.5. The van der Waals surface area contributed by atoms with Gasteiger partial charge in [0.2, 0.25) is 0 Å². The Morgan fingerprint density at radius 1 is 1.03 bits per heavy atom. The molecule has 0 aromatic heterocycles. The van der Waals surface area contributed by atoms with Crippen LogP contribution in [0.2, 0.25) is 0 Å². The number of ketones is 1. The van der Waals surface area contributed by atoms with Crippen LogP contribution in [0.4, 0.5) is 5.69 Å². The van der Waals surface area contributed by atoms with Crippen molar-refractivity contribution in [1.29, 1.82) is 0 Å². The van der Waals surface area contributed by atoms with E-state index in [0.717, 1.165) is 24.3 Å². The summed E-state index contributed by atoms with van der Waals surface area (Å²) < 4.78 is 5.47. The van der Waals surface area contributed by atoms with E-state index in [2.05, 4.69) is 39.5 Å². The number of nitrogens with zero attached hydrogens (tertiary/aromatic N) is 1. The number of rotatable bonds is 8. The van der Waals surface area contributed by atoms with Crippen molar-refractivity contribution >= 4 is 17.4 Å². The molecular weight excluding hydrogens is 370 g/mol. The quantitative estimate of drug-likeness (QED) is 0.636. The van der Waals surface area contributed by atoms with Crippen LogP contribution in [-0.2, 0) is 5.41 Å². The summed E-state index contributed by atoms with van der Waals surface area (Å²) in [5, 5.41) is 18.7. The van der Waals surface area contributed by atoms with Gasteiger partial charge in [0.15, 0.2) is 12.4 Å². The van der Waals surface area contributed by atoms with Gasteiger partial charge in [0.1, 0.15) is 17.1 Å². The number of aromatic carboxylic acids is 1. The highest BCUT2D eigenvalue weighted by molar-refractivity contribution is 5.98. The zero-order valence-corrected chi connectivity index (χ0v) is 17.7. The summed E-state index contributed by atoms with van der Waals surface area (Å²) in [6.07, 6.45) is 0. The first-order chi connectivity index (χ1) is 13.6. The smallest absolute Gasteiger partial charge is 0.339 e. The van der Waals surface area contributed by atoms with Gasteiger partial charge in [0.25, 0.3) is 0 Å². The molecule has 0 fully saturated rings. The van der Waals surface area contributed by atoms with Gasteiger partial charge < -0.3 is 19.8 Å². The number of hydrogen-bond acceptors (Lipinski definition) is 5. The number of ether oxygens (including phenoxy) is 1. The first-order valence-corrected chi connectivity index (χ1v) is 9.70. The Labute approximate surface area is 171 Å². The molecule has 29 heavy (non-hydrogen) atoms. The maximum Gasteiger partial charge on any atom is 0.339 e. The number of Topliss-reactive ketones (excluding diaryl/α,β-unsaturated/α-hetero) is 1. The average Bonchev–Trinajstić information content (AvgIpc) is 2.66. The summed E-state index contributed by atoms with van der Waals surface area (Å²) in [6, 6.07) is 9.56. The van der Waals surface area contributed by atoms with Gasteiger partial charge in [-0.15, -0.1) is 0 Å². The number of benzene rings is 2. The number of carbonyl (C=O) groups is 2. The standard InChI is InChI=1S/C23H29NO5/c1-6-24(7-2)19-11-8-15(12-18(19)23(3,4)5)21(26)14-29-16-9-10-17(22(27)28)20(25)13-16/h8-13,25H,6-7,14H2,1-5H3,(H,27,28). The van der Waals surface area contributed by atoms with Crippen molar-refractivity contribution in [2.75, 3.05) is 24.6 Å². The molecule has 0 spiro atoms. The first-order valence-electron chi connectivity index (χ1n) is 9.70. The molecule has 6 heteroatoms. The van der Waals surface area contributed by atoms with Gasteiger partial charge in [-0.3, -0.25) is 4.79 Å². The number of carbonyl (C=O) groups excluding carboxylic acids is 1. The van der Waals surface area contributed by atoms with Crippen LogP contribution in [0, 0.1) is 0 Å². The number of aromatic hydroxyl groups is 1. The topological polar surface area (TPSA) is 87.1 Å². The Hall–Kier alpha value is -3.02. The van der Waals surface area contributed by atoms with E-state index in [9.17, 15) is 14.7 Å². The molecule has 0 saturated carbocycles. The lowest BCUT2D eigenvalue weighted by atomic mass is 9.84. The van der Waals surface area contributed by atoms with E-state index in [1.165, 1.54) is 18.2 Å². The minimum atomic E-state index is -1.23. The molecule has 2 aromatic rings. The maximum absolute atomic E-state index is 12.7. The highest BCUT2D eigenvalue weighted by Crippen LogP contribution is 2.33. The second-order valence-corrected chi connectivity index (χ2v) is 7.85. The summed E-state index contributed by atoms with van der Waals surface area (Å²) >= 11 is 0. The average molecular weight is 399 g/mol. The fourth-order valence-electron chi connectivity index (χ4n) is 3.16. The fourth-order valence-corrected chi connectivity index (χ4v) is 3.16. The van der Waals surface area contributed by atoms with Crippen molar-refractivity contribution < 1.29 is 24.5 Å². The molecule has 0 aliphatic carbocycles. The van der Waals surface area contributed by atoms with Crippen molar-refractivity contribution in [3.63, 3.8) is 0 Å². The molecule has 0 saturated heterocycles. The SMILES string of the molecule is CCN(CC)c1ccc(C(=O)COc2ccc(C(=O)O)c(O)c2)cc1C(C)(C)C. The second kappa shape index (κ2) is 8.99. The van der Waals surface area contributed by atoms with Crippen LogP contribution in [0.1, 0.15) is 60.9 Å². The van der Waals surface area contributed by atoms with Crippen LogP contribution in [-0.4, -0.2) is 41.7 Å². The van der Waals surface area contributed by atoms with E-state index in [1.54, 1.807) is 6.07 Å². The van der Waals surface area contributed by atoms with Gasteiger partial charge in [-0.2, -0.15) is 0 Å². The van der Waals surface area contributed by atoms with Crippen LogP contribution < -0.4 is 9.64 Å². The number of carboxylic acid groups (broad SMARTS) is 1. The van der Waals surface area contributed by atoms with E-state index in [0.29, 0.717) is 5.56 Å². The predicted molar refractivity (Wildman–Crippen MR) is 114 cm³/mol. The zero-order chi connectivity index (χ0) is 21.8. The lowest BCUT2D eigenvalue weighted by Crippen LogP contribution is -2.26. The molecule has 6 nitrogen and oxygen atoms in total. The third kappa shape index (κ3) is 5.28. The van der Waals surface area contributed by atoms with Crippen molar-refractivity contribution in [3.8, 4) is 11.5 Å². The summed E-state index contributed by atoms with van der Waals surface area (Å²) in [5.74, 6) is -1.59. The van der Waals surface area contributed by atoms with Crippen molar-refractivity contribution in [2.45, 2.75) is 40.0 Å². The molecule has 156 valence electrons. The Kier molecular flexibility index (Phi) is 6.90. The van der Waals surface area contributed by atoms with Gasteiger partial charge in [-0.25, -0.2) is 4.79 Å². The fraction of sp³-hybridized carbons (Fsp3) is 0.391. The Morgan fingerprint density at radius 3 is 2.21 bits per heavy atom. The molecule has 2 N–H and O–H groups in total. The maximum atomic E-state index is 12.7. The van der Waals surface area contributed by atoms with E-state index in [4.69, 9.17) is 9.84 Å². The third-order valence-electron chi connectivity index (χ3n) is 4.80. The lowest BCUT2D eigenvalue weighted by molar-refractivity contribution is 0.0693. The van der Waals surface area contributed by atoms with Gasteiger partial charge in [-0.1, -0.05) is 20.8 Å². The Balaban J connectivity index is 2.23. The summed E-state index contributed by atoms with van der Waals surface area (Å²) in [5.41, 5.74) is 2.42. The van der Waals surface area contributed by atoms with Crippen LogP contribution in [0.3, 0.4) is 0 Å². The molecule has 0 radical (unpaired) electrons. The molecule has 0 bridgehead atoms. The van der Waals surface area contributed by atoms with Gasteiger partial charge in [-0.05, 0) is 55.2 Å². The lowest BCUT2D eigenvalue weighted by Gasteiger charge is -2.30. The molecule has 0 heterocycles. The van der Waals surface area contributed by atoms with Crippen molar-refractivity contribution in [3.05, 3.63) is 53.1 Å². The Bertz CT molecular complexity index is 895. The predicted octanol–water partition coefficient (Wildman–Crippen LogP) is 4.50. The van der Waals surface area contributed by atoms with Crippen LogP contribution >= 0.6 is 0 Å². The molecule has 2 aromatic carbocycles. The number of carboxylic acids is 1. The summed E-state index contributed by atoms with van der Waals surface area (Å²) in [7, 11) is 0. The molecule has 2 rings (SSSR count). The Morgan fingerprint density at radius 2 is 1.69 bits per heavy atom. The first kappa shape index (κ1) is 22.3. The van der Waals surface area contributed by atoms with E-state index in [-0.39, 0.29) is 29.1 Å². The summed E-state index contributed by atoms with van der Waals surface area (Å²) in [6.45, 7) is 12.1. The summed E-state index contributed by atoms with van der Waals surface area (Å²) in [4.78, 5) is 25.9. The highest BCUT2D eigenvalue weighted by Gasteiger charge is 2.22. The molecule has 0 aliphatic heterocycles. The van der Waals surface area contributed by atoms with Crippen molar-refractivity contribution in [1.82, 2.24) is 0 Å². The molecule has 0 atom stereocenters. The minimum absolute atomic E-state index is 0.131.